The Balaban J connectivity index is 1.60. The second kappa shape index (κ2) is 7.51. The van der Waals surface area contributed by atoms with Crippen molar-refractivity contribution < 1.29 is 9.53 Å². The van der Waals surface area contributed by atoms with Crippen LogP contribution in [0.4, 0.5) is 0 Å². The lowest BCUT2D eigenvalue weighted by molar-refractivity contribution is -0.128. The lowest BCUT2D eigenvalue weighted by atomic mass is 9.84. The van der Waals surface area contributed by atoms with Gasteiger partial charge in [0.25, 0.3) is 0 Å². The van der Waals surface area contributed by atoms with Crippen molar-refractivity contribution in [2.24, 2.45) is 5.92 Å². The van der Waals surface area contributed by atoms with Gasteiger partial charge in [-0.25, -0.2) is 0 Å². The van der Waals surface area contributed by atoms with Gasteiger partial charge in [-0.1, -0.05) is 6.42 Å². The molecule has 2 heterocycles. The largest absolute Gasteiger partial charge is 0.496 e. The zero-order chi connectivity index (χ0) is 17.1. The number of piperidine rings is 1. The molecule has 5 nitrogen and oxygen atoms in total. The second-order valence-electron chi connectivity index (χ2n) is 7.26. The minimum atomic E-state index is 0.263. The highest BCUT2D eigenvalue weighted by Gasteiger charge is 2.29. The number of aromatic nitrogens is 1. The lowest BCUT2D eigenvalue weighted by Crippen LogP contribution is -2.49. The maximum absolute atomic E-state index is 12.2. The molecular weight excluding hydrogens is 302 g/mol. The predicted octanol–water partition coefficient (Wildman–Crippen LogP) is 2.59. The number of nitrogens with zero attached hydrogens (tertiary/aromatic N) is 2. The third kappa shape index (κ3) is 3.72. The highest BCUT2D eigenvalue weighted by atomic mass is 16.5. The van der Waals surface area contributed by atoms with Gasteiger partial charge in [-0.2, -0.15) is 0 Å². The molecule has 0 radical (unpaired) electrons. The Bertz CT molecular complexity index is 599. The molecule has 1 aromatic rings. The maximum atomic E-state index is 12.2. The fourth-order valence-corrected chi connectivity index (χ4v) is 3.75. The average molecular weight is 331 g/mol. The summed E-state index contributed by atoms with van der Waals surface area (Å²) in [5.74, 6) is 1.47. The van der Waals surface area contributed by atoms with Crippen LogP contribution in [0.2, 0.25) is 0 Å². The average Bonchev–Trinajstić information content (AvgIpc) is 2.49. The van der Waals surface area contributed by atoms with Gasteiger partial charge in [0.05, 0.1) is 12.8 Å². The van der Waals surface area contributed by atoms with Gasteiger partial charge in [0.15, 0.2) is 0 Å². The van der Waals surface area contributed by atoms with Crippen molar-refractivity contribution in [1.82, 2.24) is 15.2 Å². The van der Waals surface area contributed by atoms with Gasteiger partial charge in [0, 0.05) is 42.4 Å². The quantitative estimate of drug-likeness (QED) is 0.901. The van der Waals surface area contributed by atoms with E-state index in [1.807, 2.05) is 13.1 Å². The summed E-state index contributed by atoms with van der Waals surface area (Å²) in [6.45, 7) is 6.89. The summed E-state index contributed by atoms with van der Waals surface area (Å²) in [4.78, 5) is 19.2. The van der Waals surface area contributed by atoms with E-state index in [2.05, 4.69) is 22.1 Å². The Labute approximate surface area is 144 Å². The first kappa shape index (κ1) is 17.2. The van der Waals surface area contributed by atoms with Crippen molar-refractivity contribution in [1.29, 1.82) is 0 Å². The molecule has 0 aromatic carbocycles. The Morgan fingerprint density at radius 1 is 1.33 bits per heavy atom. The van der Waals surface area contributed by atoms with Crippen LogP contribution in [0.1, 0.15) is 48.9 Å². The molecule has 1 saturated carbocycles. The summed E-state index contributed by atoms with van der Waals surface area (Å²) in [7, 11) is 1.71. The molecule has 1 aliphatic carbocycles. The Kier molecular flexibility index (Phi) is 5.39. The highest BCUT2D eigenvalue weighted by molar-refractivity contribution is 5.79. The number of amides is 1. The molecule has 0 spiro atoms. The molecule has 24 heavy (non-hydrogen) atoms. The number of carbonyl (C=O) groups is 1. The van der Waals surface area contributed by atoms with Crippen LogP contribution in [-0.4, -0.2) is 42.0 Å². The minimum Gasteiger partial charge on any atom is -0.496 e. The van der Waals surface area contributed by atoms with Crippen LogP contribution in [0.5, 0.6) is 5.75 Å². The van der Waals surface area contributed by atoms with E-state index >= 15 is 0 Å². The summed E-state index contributed by atoms with van der Waals surface area (Å²) in [5, 5.41) is 3.26. The van der Waals surface area contributed by atoms with Gasteiger partial charge in [-0.05, 0) is 46.1 Å². The van der Waals surface area contributed by atoms with Gasteiger partial charge in [0.2, 0.25) is 5.91 Å². The van der Waals surface area contributed by atoms with Gasteiger partial charge in [-0.3, -0.25) is 14.7 Å². The zero-order valence-electron chi connectivity index (χ0n) is 15.1. The smallest absolute Gasteiger partial charge is 0.223 e. The molecule has 1 N–H and O–H groups in total. The summed E-state index contributed by atoms with van der Waals surface area (Å²) >= 11 is 0. The Hall–Kier alpha value is -1.62. The van der Waals surface area contributed by atoms with Gasteiger partial charge >= 0.3 is 0 Å². The summed E-state index contributed by atoms with van der Waals surface area (Å²) < 4.78 is 5.51. The van der Waals surface area contributed by atoms with E-state index in [0.29, 0.717) is 0 Å². The molecule has 1 saturated heterocycles. The van der Waals surface area contributed by atoms with E-state index in [4.69, 9.17) is 4.74 Å². The molecule has 3 rings (SSSR count). The number of rotatable bonds is 5. The van der Waals surface area contributed by atoms with Crippen LogP contribution < -0.4 is 10.1 Å². The van der Waals surface area contributed by atoms with Crippen molar-refractivity contribution in [3.8, 4) is 5.75 Å². The van der Waals surface area contributed by atoms with Crippen LogP contribution in [0, 0.1) is 19.8 Å². The Morgan fingerprint density at radius 3 is 2.79 bits per heavy atom. The number of likely N-dealkylation sites (tertiary alicyclic amines) is 1. The monoisotopic (exact) mass is 331 g/mol. The van der Waals surface area contributed by atoms with Gasteiger partial charge in [-0.15, -0.1) is 0 Å². The van der Waals surface area contributed by atoms with Crippen molar-refractivity contribution >= 4 is 5.91 Å². The van der Waals surface area contributed by atoms with E-state index in [0.717, 1.165) is 67.9 Å². The first-order valence-electron chi connectivity index (χ1n) is 9.10. The molecule has 0 bridgehead atoms. The van der Waals surface area contributed by atoms with Crippen LogP contribution in [0.3, 0.4) is 0 Å². The zero-order valence-corrected chi connectivity index (χ0v) is 15.1. The number of methoxy groups -OCH3 is 1. The summed E-state index contributed by atoms with van der Waals surface area (Å²) in [6.07, 6.45) is 7.43. The lowest BCUT2D eigenvalue weighted by Gasteiger charge is -2.35. The molecule has 1 atom stereocenters. The molecule has 1 unspecified atom stereocenters. The third-order valence-electron chi connectivity index (χ3n) is 5.45. The highest BCUT2D eigenvalue weighted by Crippen LogP contribution is 2.27. The molecule has 1 aromatic heterocycles. The fraction of sp³-hybridized carbons (Fsp3) is 0.684. The number of aryl methyl sites for hydroxylation is 1. The van der Waals surface area contributed by atoms with Crippen molar-refractivity contribution in [3.05, 3.63) is 23.0 Å². The minimum absolute atomic E-state index is 0.263. The topological polar surface area (TPSA) is 54.5 Å². The van der Waals surface area contributed by atoms with Crippen molar-refractivity contribution in [2.75, 3.05) is 20.2 Å². The molecule has 1 aliphatic heterocycles. The summed E-state index contributed by atoms with van der Waals surface area (Å²) in [5.41, 5.74) is 3.27. The molecule has 1 amide bonds. The number of hydrogen-bond acceptors (Lipinski definition) is 4. The van der Waals surface area contributed by atoms with Crippen molar-refractivity contribution in [2.45, 2.75) is 58.5 Å². The number of pyridine rings is 1. The fourth-order valence-electron chi connectivity index (χ4n) is 3.75. The van der Waals surface area contributed by atoms with Crippen LogP contribution in [-0.2, 0) is 11.3 Å². The van der Waals surface area contributed by atoms with E-state index in [1.165, 1.54) is 6.42 Å². The molecule has 5 heteroatoms. The number of hydrogen-bond donors (Lipinski definition) is 1. The van der Waals surface area contributed by atoms with Crippen LogP contribution in [0.15, 0.2) is 6.20 Å². The third-order valence-corrected chi connectivity index (χ3v) is 5.45. The number of ether oxygens (including phenoxy) is 1. The predicted molar refractivity (Wildman–Crippen MR) is 94.0 cm³/mol. The summed E-state index contributed by atoms with van der Waals surface area (Å²) in [6, 6.07) is 0.277. The van der Waals surface area contributed by atoms with Crippen LogP contribution in [0.25, 0.3) is 0 Å². The van der Waals surface area contributed by atoms with E-state index < -0.39 is 0 Å². The SMILES string of the molecule is COc1c(C)cnc(CN2CCCC(NC(=O)C3CCC3)C2)c1C. The standard InChI is InChI=1S/C19H29N3O2/c1-13-10-20-17(14(2)18(13)24-3)12-22-9-5-8-16(11-22)21-19(23)15-6-4-7-15/h10,15-16H,4-9,11-12H2,1-3H3,(H,21,23). The molecule has 2 aliphatic rings. The van der Waals surface area contributed by atoms with E-state index in [-0.39, 0.29) is 17.9 Å². The number of carbonyl (C=O) groups excluding carboxylic acids is 1. The second-order valence-corrected chi connectivity index (χ2v) is 7.26. The maximum Gasteiger partial charge on any atom is 0.223 e. The number of nitrogens with one attached hydrogen (secondary N) is 1. The molecule has 2 fully saturated rings. The first-order valence-corrected chi connectivity index (χ1v) is 9.10. The van der Waals surface area contributed by atoms with Gasteiger partial charge in [0.1, 0.15) is 5.75 Å². The Morgan fingerprint density at radius 2 is 2.12 bits per heavy atom. The van der Waals surface area contributed by atoms with Gasteiger partial charge < -0.3 is 10.1 Å². The normalized spacial score (nSPS) is 22.0. The van der Waals surface area contributed by atoms with E-state index in [9.17, 15) is 4.79 Å². The molecular formula is C19H29N3O2. The van der Waals surface area contributed by atoms with Crippen LogP contribution >= 0.6 is 0 Å². The van der Waals surface area contributed by atoms with Crippen molar-refractivity contribution in [3.63, 3.8) is 0 Å². The molecule has 132 valence electrons. The first-order chi connectivity index (χ1) is 11.6. The van der Waals surface area contributed by atoms with E-state index in [1.54, 1.807) is 7.11 Å².